The molecule has 0 radical (unpaired) electrons. The van der Waals surface area contributed by atoms with E-state index in [-0.39, 0.29) is 18.4 Å². The summed E-state index contributed by atoms with van der Waals surface area (Å²) in [6.07, 6.45) is 10.1. The van der Waals surface area contributed by atoms with Gasteiger partial charge in [-0.3, -0.25) is 9.59 Å². The summed E-state index contributed by atoms with van der Waals surface area (Å²) in [6.45, 7) is 4.44. The molecular formula is C14H28N2O2. The van der Waals surface area contributed by atoms with Crippen LogP contribution in [0.1, 0.15) is 65.2 Å². The molecule has 0 rings (SSSR count). The number of rotatable bonds is 11. The Labute approximate surface area is 111 Å². The summed E-state index contributed by atoms with van der Waals surface area (Å²) in [5.74, 6) is -0.273. The second kappa shape index (κ2) is 12.4. The van der Waals surface area contributed by atoms with Crippen molar-refractivity contribution < 1.29 is 9.59 Å². The van der Waals surface area contributed by atoms with Gasteiger partial charge in [-0.25, -0.2) is 0 Å². The molecule has 0 aromatic carbocycles. The van der Waals surface area contributed by atoms with Crippen LogP contribution in [0.15, 0.2) is 0 Å². The fraction of sp³-hybridized carbons (Fsp3) is 0.857. The highest BCUT2D eigenvalue weighted by molar-refractivity contribution is 5.83. The second-order valence-electron chi connectivity index (χ2n) is 4.73. The quantitative estimate of drug-likeness (QED) is 0.558. The molecule has 0 heterocycles. The van der Waals surface area contributed by atoms with Gasteiger partial charge in [0.2, 0.25) is 11.8 Å². The maximum absolute atomic E-state index is 11.2. The molecule has 4 heteroatoms. The predicted molar refractivity (Wildman–Crippen MR) is 74.3 cm³/mol. The van der Waals surface area contributed by atoms with E-state index in [9.17, 15) is 9.59 Å². The number of hydrogen-bond acceptors (Lipinski definition) is 2. The number of carbonyl (C=O) groups excluding carboxylic acids is 2. The zero-order chi connectivity index (χ0) is 13.6. The zero-order valence-electron chi connectivity index (χ0n) is 11.9. The SMILES string of the molecule is CCCCCCCCCCNC(=O)CNC(C)=O. The number of unbranched alkanes of at least 4 members (excludes halogenated alkanes) is 7. The van der Waals surface area contributed by atoms with Gasteiger partial charge in [-0.05, 0) is 6.42 Å². The largest absolute Gasteiger partial charge is 0.355 e. The Balaban J connectivity index is 3.15. The fourth-order valence-corrected chi connectivity index (χ4v) is 1.75. The highest BCUT2D eigenvalue weighted by Crippen LogP contribution is 2.07. The minimum atomic E-state index is -0.169. The van der Waals surface area contributed by atoms with Crippen molar-refractivity contribution in [2.75, 3.05) is 13.1 Å². The summed E-state index contributed by atoms with van der Waals surface area (Å²) >= 11 is 0. The second-order valence-corrected chi connectivity index (χ2v) is 4.73. The van der Waals surface area contributed by atoms with Gasteiger partial charge in [0, 0.05) is 13.5 Å². The first-order valence-corrected chi connectivity index (χ1v) is 7.18. The van der Waals surface area contributed by atoms with E-state index in [0.717, 1.165) is 6.42 Å². The standard InChI is InChI=1S/C14H28N2O2/c1-3-4-5-6-7-8-9-10-11-15-14(18)12-16-13(2)17/h3-12H2,1-2H3,(H,15,18)(H,16,17). The third-order valence-electron chi connectivity index (χ3n) is 2.85. The van der Waals surface area contributed by atoms with Crippen molar-refractivity contribution in [2.45, 2.75) is 65.2 Å². The fourth-order valence-electron chi connectivity index (χ4n) is 1.75. The zero-order valence-corrected chi connectivity index (χ0v) is 11.9. The first-order valence-electron chi connectivity index (χ1n) is 7.18. The van der Waals surface area contributed by atoms with Crippen LogP contribution in [0, 0.1) is 0 Å². The van der Waals surface area contributed by atoms with Crippen LogP contribution in [0.25, 0.3) is 0 Å². The summed E-state index contributed by atoms with van der Waals surface area (Å²) < 4.78 is 0. The molecule has 18 heavy (non-hydrogen) atoms. The van der Waals surface area contributed by atoms with Crippen LogP contribution >= 0.6 is 0 Å². The van der Waals surface area contributed by atoms with Gasteiger partial charge in [-0.15, -0.1) is 0 Å². The molecule has 4 nitrogen and oxygen atoms in total. The molecule has 0 saturated carbocycles. The van der Waals surface area contributed by atoms with Crippen molar-refractivity contribution in [3.8, 4) is 0 Å². The van der Waals surface area contributed by atoms with Crippen molar-refractivity contribution in [1.82, 2.24) is 10.6 Å². The van der Waals surface area contributed by atoms with Gasteiger partial charge in [-0.2, -0.15) is 0 Å². The maximum Gasteiger partial charge on any atom is 0.239 e. The molecule has 0 saturated heterocycles. The van der Waals surface area contributed by atoms with E-state index in [1.54, 1.807) is 0 Å². The summed E-state index contributed by atoms with van der Waals surface area (Å²) in [5.41, 5.74) is 0. The minimum Gasteiger partial charge on any atom is -0.355 e. The van der Waals surface area contributed by atoms with Crippen molar-refractivity contribution in [3.63, 3.8) is 0 Å². The van der Waals surface area contributed by atoms with Crippen molar-refractivity contribution in [1.29, 1.82) is 0 Å². The molecule has 0 aliphatic carbocycles. The van der Waals surface area contributed by atoms with E-state index in [4.69, 9.17) is 0 Å². The van der Waals surface area contributed by atoms with Gasteiger partial charge in [0.1, 0.15) is 0 Å². The topological polar surface area (TPSA) is 58.2 Å². The first-order chi connectivity index (χ1) is 8.66. The lowest BCUT2D eigenvalue weighted by Crippen LogP contribution is -2.36. The van der Waals surface area contributed by atoms with Gasteiger partial charge >= 0.3 is 0 Å². The summed E-state index contributed by atoms with van der Waals surface area (Å²) in [7, 11) is 0. The Morgan fingerprint density at radius 3 is 1.94 bits per heavy atom. The van der Waals surface area contributed by atoms with E-state index < -0.39 is 0 Å². The normalized spacial score (nSPS) is 10.1. The van der Waals surface area contributed by atoms with Crippen LogP contribution < -0.4 is 10.6 Å². The lowest BCUT2D eigenvalue weighted by atomic mass is 10.1. The van der Waals surface area contributed by atoms with Gasteiger partial charge in [0.15, 0.2) is 0 Å². The number of amides is 2. The predicted octanol–water partition coefficient (Wildman–Crippen LogP) is 2.38. The number of nitrogens with one attached hydrogen (secondary N) is 2. The highest BCUT2D eigenvalue weighted by Gasteiger charge is 2.00. The lowest BCUT2D eigenvalue weighted by molar-refractivity contribution is -0.125. The maximum atomic E-state index is 11.2. The van der Waals surface area contributed by atoms with Crippen LogP contribution in [0.2, 0.25) is 0 Å². The van der Waals surface area contributed by atoms with E-state index in [0.29, 0.717) is 6.54 Å². The summed E-state index contributed by atoms with van der Waals surface area (Å²) in [6, 6.07) is 0. The monoisotopic (exact) mass is 256 g/mol. The molecule has 2 N–H and O–H groups in total. The van der Waals surface area contributed by atoms with Crippen LogP contribution in [-0.2, 0) is 9.59 Å². The average Bonchev–Trinajstić information content (AvgIpc) is 2.34. The van der Waals surface area contributed by atoms with Gasteiger partial charge in [-0.1, -0.05) is 51.9 Å². The molecule has 0 bridgehead atoms. The average molecular weight is 256 g/mol. The number of hydrogen-bond donors (Lipinski definition) is 2. The van der Waals surface area contributed by atoms with Crippen LogP contribution in [0.5, 0.6) is 0 Å². The van der Waals surface area contributed by atoms with E-state index in [2.05, 4.69) is 17.6 Å². The molecule has 0 spiro atoms. The molecule has 0 aromatic rings. The summed E-state index contributed by atoms with van der Waals surface area (Å²) in [4.78, 5) is 21.8. The first kappa shape index (κ1) is 16.9. The molecule has 106 valence electrons. The Kier molecular flexibility index (Phi) is 11.7. The summed E-state index contributed by atoms with van der Waals surface area (Å²) in [5, 5.41) is 5.27. The van der Waals surface area contributed by atoms with Crippen LogP contribution in [0.4, 0.5) is 0 Å². The van der Waals surface area contributed by atoms with Crippen molar-refractivity contribution in [2.24, 2.45) is 0 Å². The number of carbonyl (C=O) groups is 2. The molecule has 0 unspecified atom stereocenters. The molecule has 0 atom stereocenters. The van der Waals surface area contributed by atoms with Crippen molar-refractivity contribution in [3.05, 3.63) is 0 Å². The van der Waals surface area contributed by atoms with Gasteiger partial charge in [0.25, 0.3) is 0 Å². The molecular weight excluding hydrogens is 228 g/mol. The highest BCUT2D eigenvalue weighted by atomic mass is 16.2. The van der Waals surface area contributed by atoms with E-state index >= 15 is 0 Å². The molecule has 0 aliphatic rings. The minimum absolute atomic E-state index is 0.0896. The van der Waals surface area contributed by atoms with Gasteiger partial charge < -0.3 is 10.6 Å². The third kappa shape index (κ3) is 13.0. The Bertz CT molecular complexity index is 230. The lowest BCUT2D eigenvalue weighted by Gasteiger charge is -2.05. The van der Waals surface area contributed by atoms with Gasteiger partial charge in [0.05, 0.1) is 6.54 Å². The molecule has 0 aliphatic heterocycles. The third-order valence-corrected chi connectivity index (χ3v) is 2.85. The Morgan fingerprint density at radius 1 is 0.833 bits per heavy atom. The van der Waals surface area contributed by atoms with E-state index in [1.807, 2.05) is 0 Å². The Hall–Kier alpha value is -1.06. The Morgan fingerprint density at radius 2 is 1.39 bits per heavy atom. The molecule has 0 aromatic heterocycles. The van der Waals surface area contributed by atoms with E-state index in [1.165, 1.54) is 51.9 Å². The van der Waals surface area contributed by atoms with Crippen LogP contribution in [-0.4, -0.2) is 24.9 Å². The molecule has 2 amide bonds. The smallest absolute Gasteiger partial charge is 0.239 e. The van der Waals surface area contributed by atoms with Crippen LogP contribution in [0.3, 0.4) is 0 Å². The van der Waals surface area contributed by atoms with Crippen molar-refractivity contribution >= 4 is 11.8 Å². The molecule has 0 fully saturated rings.